The van der Waals surface area contributed by atoms with E-state index in [2.05, 4.69) is 9.88 Å². The number of hydrogen-bond acceptors (Lipinski definition) is 4. The first-order valence-corrected chi connectivity index (χ1v) is 6.72. The van der Waals surface area contributed by atoms with E-state index < -0.39 is 0 Å². The van der Waals surface area contributed by atoms with Crippen molar-refractivity contribution in [3.05, 3.63) is 44.9 Å². The molecule has 0 fully saturated rings. The van der Waals surface area contributed by atoms with Gasteiger partial charge in [-0.25, -0.2) is 4.98 Å². The van der Waals surface area contributed by atoms with Crippen LogP contribution >= 0.6 is 22.9 Å². The highest BCUT2D eigenvalue weighted by Crippen LogP contribution is 2.27. The Hall–Kier alpha value is -1.39. The van der Waals surface area contributed by atoms with Crippen molar-refractivity contribution < 1.29 is 4.79 Å². The first-order chi connectivity index (χ1) is 8.61. The van der Waals surface area contributed by atoms with Gasteiger partial charge < -0.3 is 4.90 Å². The van der Waals surface area contributed by atoms with E-state index in [1.807, 2.05) is 25.5 Å². The Morgan fingerprint density at radius 2 is 2.28 bits per heavy atom. The molecule has 1 heterocycles. The molecule has 0 unspecified atom stereocenters. The highest BCUT2D eigenvalue weighted by atomic mass is 35.5. The third-order valence-electron chi connectivity index (χ3n) is 2.74. The number of aryl methyl sites for hydroxylation is 1. The monoisotopic (exact) mass is 280 g/mol. The molecule has 0 radical (unpaired) electrons. The second-order valence-corrected chi connectivity index (χ2v) is 5.39. The fourth-order valence-electron chi connectivity index (χ4n) is 1.68. The maximum absolute atomic E-state index is 10.7. The maximum atomic E-state index is 10.7. The molecule has 0 amide bonds. The lowest BCUT2D eigenvalue weighted by Gasteiger charge is -2.20. The van der Waals surface area contributed by atoms with Gasteiger partial charge in [-0.2, -0.15) is 0 Å². The molecular formula is C13H13ClN2OS. The molecule has 0 aliphatic carbocycles. The third-order valence-corrected chi connectivity index (χ3v) is 3.97. The van der Waals surface area contributed by atoms with Crippen molar-refractivity contribution in [2.75, 3.05) is 11.9 Å². The average molecular weight is 281 g/mol. The summed E-state index contributed by atoms with van der Waals surface area (Å²) in [5.41, 5.74) is 4.39. The van der Waals surface area contributed by atoms with E-state index in [0.29, 0.717) is 10.6 Å². The molecule has 0 saturated carbocycles. The molecule has 2 rings (SSSR count). The summed E-state index contributed by atoms with van der Waals surface area (Å²) < 4.78 is 0. The largest absolute Gasteiger partial charge is 0.368 e. The van der Waals surface area contributed by atoms with Crippen molar-refractivity contribution >= 4 is 34.9 Å². The number of rotatable bonds is 4. The number of halogens is 1. The number of anilines is 1. The second-order valence-electron chi connectivity index (χ2n) is 4.05. The van der Waals surface area contributed by atoms with Crippen LogP contribution in [0.5, 0.6) is 0 Å². The van der Waals surface area contributed by atoms with E-state index in [0.717, 1.165) is 24.2 Å². The zero-order chi connectivity index (χ0) is 13.1. The van der Waals surface area contributed by atoms with Crippen molar-refractivity contribution in [3.8, 4) is 0 Å². The second kappa shape index (κ2) is 5.50. The molecule has 3 nitrogen and oxygen atoms in total. The minimum Gasteiger partial charge on any atom is -0.368 e. The van der Waals surface area contributed by atoms with E-state index in [1.165, 1.54) is 4.88 Å². The Labute approximate surface area is 115 Å². The highest BCUT2D eigenvalue weighted by molar-refractivity contribution is 7.09. The Morgan fingerprint density at radius 3 is 2.83 bits per heavy atom. The lowest BCUT2D eigenvalue weighted by Crippen LogP contribution is -2.16. The van der Waals surface area contributed by atoms with Crippen LogP contribution in [0.3, 0.4) is 0 Å². The maximum Gasteiger partial charge on any atom is 0.150 e. The van der Waals surface area contributed by atoms with Crippen molar-refractivity contribution in [1.29, 1.82) is 0 Å². The number of carbonyl (C=O) groups excluding carboxylic acids is 1. The summed E-state index contributed by atoms with van der Waals surface area (Å²) in [7, 11) is 1.97. The van der Waals surface area contributed by atoms with Crippen LogP contribution in [0.1, 0.15) is 20.9 Å². The van der Waals surface area contributed by atoms with Gasteiger partial charge in [0.1, 0.15) is 6.29 Å². The van der Waals surface area contributed by atoms with E-state index >= 15 is 0 Å². The summed E-state index contributed by atoms with van der Waals surface area (Å²) in [6.45, 7) is 2.76. The number of aldehydes is 1. The quantitative estimate of drug-likeness (QED) is 0.803. The molecule has 94 valence electrons. The van der Waals surface area contributed by atoms with Crippen LogP contribution in [0.25, 0.3) is 0 Å². The van der Waals surface area contributed by atoms with E-state index in [-0.39, 0.29) is 0 Å². The Balaban J connectivity index is 2.21. The van der Waals surface area contributed by atoms with Gasteiger partial charge in [-0.1, -0.05) is 11.6 Å². The molecule has 0 saturated heterocycles. The van der Waals surface area contributed by atoms with Crippen LogP contribution in [-0.4, -0.2) is 18.3 Å². The number of benzene rings is 1. The SMILES string of the molecule is Cc1ncsc1CN(C)c1ccc(C=O)cc1Cl. The molecule has 0 N–H and O–H groups in total. The fraction of sp³-hybridized carbons (Fsp3) is 0.231. The van der Waals surface area contributed by atoms with Crippen LogP contribution in [0, 0.1) is 6.92 Å². The van der Waals surface area contributed by atoms with E-state index in [1.54, 1.807) is 23.5 Å². The van der Waals surface area contributed by atoms with Gasteiger partial charge in [-0.05, 0) is 25.1 Å². The van der Waals surface area contributed by atoms with Gasteiger partial charge in [-0.3, -0.25) is 4.79 Å². The third kappa shape index (κ3) is 2.71. The summed E-state index contributed by atoms with van der Waals surface area (Å²) in [5.74, 6) is 0. The number of carbonyl (C=O) groups is 1. The topological polar surface area (TPSA) is 33.2 Å². The van der Waals surface area contributed by atoms with E-state index in [9.17, 15) is 4.79 Å². The van der Waals surface area contributed by atoms with Crippen LogP contribution in [-0.2, 0) is 6.54 Å². The minimum absolute atomic E-state index is 0.587. The smallest absolute Gasteiger partial charge is 0.150 e. The molecule has 0 spiro atoms. The van der Waals surface area contributed by atoms with Gasteiger partial charge in [0.05, 0.1) is 28.5 Å². The standard InChI is InChI=1S/C13H13ClN2OS/c1-9-13(18-8-15-9)6-16(2)12-4-3-10(7-17)5-11(12)14/h3-5,7-8H,6H2,1-2H3. The predicted octanol–water partition coefficient (Wildman–Crippen LogP) is 3.55. The molecule has 18 heavy (non-hydrogen) atoms. The van der Waals surface area contributed by atoms with Gasteiger partial charge in [0.15, 0.2) is 0 Å². The summed E-state index contributed by atoms with van der Waals surface area (Å²) in [6.07, 6.45) is 0.795. The molecule has 1 aromatic heterocycles. The van der Waals surface area contributed by atoms with E-state index in [4.69, 9.17) is 11.6 Å². The molecule has 0 bridgehead atoms. The fourth-order valence-corrected chi connectivity index (χ4v) is 2.85. The molecule has 0 aliphatic heterocycles. The zero-order valence-electron chi connectivity index (χ0n) is 10.2. The molecule has 5 heteroatoms. The number of thiazole rings is 1. The number of aromatic nitrogens is 1. The summed E-state index contributed by atoms with van der Waals surface area (Å²) in [4.78, 5) is 18.2. The molecule has 1 aromatic carbocycles. The number of nitrogens with zero attached hydrogens (tertiary/aromatic N) is 2. The molecular weight excluding hydrogens is 268 g/mol. The predicted molar refractivity (Wildman–Crippen MR) is 75.8 cm³/mol. The zero-order valence-corrected chi connectivity index (χ0v) is 11.8. The van der Waals surface area contributed by atoms with Crippen molar-refractivity contribution in [2.45, 2.75) is 13.5 Å². The summed E-state index contributed by atoms with van der Waals surface area (Å²) in [5, 5.41) is 0.587. The Kier molecular flexibility index (Phi) is 3.99. The Morgan fingerprint density at radius 1 is 1.50 bits per heavy atom. The van der Waals surface area contributed by atoms with Crippen molar-refractivity contribution in [2.24, 2.45) is 0 Å². The molecule has 0 atom stereocenters. The van der Waals surface area contributed by atoms with Crippen LogP contribution in [0.4, 0.5) is 5.69 Å². The first-order valence-electron chi connectivity index (χ1n) is 5.46. The van der Waals surface area contributed by atoms with Crippen LogP contribution in [0.2, 0.25) is 5.02 Å². The number of hydrogen-bond donors (Lipinski definition) is 0. The first kappa shape index (κ1) is 13.1. The van der Waals surface area contributed by atoms with Gasteiger partial charge in [0.25, 0.3) is 0 Å². The lowest BCUT2D eigenvalue weighted by molar-refractivity contribution is 0.112. The van der Waals surface area contributed by atoms with Gasteiger partial charge in [0.2, 0.25) is 0 Å². The summed E-state index contributed by atoms with van der Waals surface area (Å²) in [6, 6.07) is 5.31. The average Bonchev–Trinajstić information content (AvgIpc) is 2.74. The van der Waals surface area contributed by atoms with Gasteiger partial charge in [0, 0.05) is 17.5 Å². The van der Waals surface area contributed by atoms with Crippen LogP contribution < -0.4 is 4.90 Å². The van der Waals surface area contributed by atoms with Gasteiger partial charge in [-0.15, -0.1) is 11.3 Å². The molecule has 2 aromatic rings. The van der Waals surface area contributed by atoms with Gasteiger partial charge >= 0.3 is 0 Å². The van der Waals surface area contributed by atoms with Crippen LogP contribution in [0.15, 0.2) is 23.7 Å². The van der Waals surface area contributed by atoms with Crippen molar-refractivity contribution in [1.82, 2.24) is 4.98 Å². The Bertz CT molecular complexity index is 568. The van der Waals surface area contributed by atoms with Crippen molar-refractivity contribution in [3.63, 3.8) is 0 Å². The molecule has 0 aliphatic rings. The lowest BCUT2D eigenvalue weighted by atomic mass is 10.2. The highest BCUT2D eigenvalue weighted by Gasteiger charge is 2.10. The normalized spacial score (nSPS) is 10.4. The summed E-state index contributed by atoms with van der Waals surface area (Å²) >= 11 is 7.80. The minimum atomic E-state index is 0.587.